The third-order valence-corrected chi connectivity index (χ3v) is 4.42. The Morgan fingerprint density at radius 2 is 1.86 bits per heavy atom. The van der Waals surface area contributed by atoms with Crippen LogP contribution in [0.3, 0.4) is 0 Å². The Morgan fingerprint density at radius 1 is 1.14 bits per heavy atom. The molecule has 0 fully saturated rings. The van der Waals surface area contributed by atoms with Gasteiger partial charge in [0.25, 0.3) is 0 Å². The maximum Gasteiger partial charge on any atom is 0.175 e. The highest BCUT2D eigenvalue weighted by Gasteiger charge is 2.10. The molecule has 2 aromatic heterocycles. The number of sulfone groups is 1. The van der Waals surface area contributed by atoms with Crippen molar-refractivity contribution < 1.29 is 8.42 Å². The fourth-order valence-corrected chi connectivity index (χ4v) is 2.76. The Balaban J connectivity index is 1.95. The van der Waals surface area contributed by atoms with E-state index < -0.39 is 9.84 Å². The molecule has 1 N–H and O–H groups in total. The Kier molecular flexibility index (Phi) is 3.53. The first-order chi connectivity index (χ1) is 10.5. The second-order valence-corrected chi connectivity index (χ2v) is 6.86. The molecule has 3 aromatic rings. The average Bonchev–Trinajstić information content (AvgIpc) is 2.91. The summed E-state index contributed by atoms with van der Waals surface area (Å²) in [5.74, 6) is 0.587. The summed E-state index contributed by atoms with van der Waals surface area (Å²) in [6, 6.07) is 6.50. The van der Waals surface area contributed by atoms with E-state index in [1.165, 1.54) is 12.6 Å². The van der Waals surface area contributed by atoms with E-state index in [2.05, 4.69) is 20.3 Å². The highest BCUT2D eigenvalue weighted by molar-refractivity contribution is 7.90. The fourth-order valence-electron chi connectivity index (χ4n) is 2.13. The third-order valence-electron chi connectivity index (χ3n) is 3.29. The lowest BCUT2D eigenvalue weighted by atomic mass is 10.3. The van der Waals surface area contributed by atoms with Crippen molar-refractivity contribution in [1.82, 2.24) is 19.5 Å². The van der Waals surface area contributed by atoms with Gasteiger partial charge < -0.3 is 9.88 Å². The third kappa shape index (κ3) is 2.64. The van der Waals surface area contributed by atoms with Gasteiger partial charge in [-0.15, -0.1) is 0 Å². The summed E-state index contributed by atoms with van der Waals surface area (Å²) in [5, 5.41) is 3.14. The lowest BCUT2D eigenvalue weighted by Crippen LogP contribution is -1.99. The van der Waals surface area contributed by atoms with Crippen LogP contribution in [-0.2, 0) is 16.4 Å². The zero-order valence-electron chi connectivity index (χ0n) is 12.2. The zero-order chi connectivity index (χ0) is 15.7. The van der Waals surface area contributed by atoms with Gasteiger partial charge in [-0.25, -0.2) is 23.4 Å². The number of aromatic nitrogens is 4. The molecule has 1 aromatic carbocycles. The van der Waals surface area contributed by atoms with Gasteiger partial charge in [0.05, 0.1) is 11.2 Å². The first-order valence-corrected chi connectivity index (χ1v) is 8.61. The smallest absolute Gasteiger partial charge is 0.175 e. The van der Waals surface area contributed by atoms with Crippen LogP contribution >= 0.6 is 0 Å². The number of anilines is 2. The number of benzene rings is 1. The molecule has 0 amide bonds. The number of imidazole rings is 1. The number of nitrogens with one attached hydrogen (secondary N) is 1. The Morgan fingerprint density at radius 3 is 2.50 bits per heavy atom. The molecular formula is C14H15N5O2S. The van der Waals surface area contributed by atoms with Crippen LogP contribution in [0.15, 0.2) is 41.8 Å². The van der Waals surface area contributed by atoms with Crippen molar-refractivity contribution in [3.8, 4) is 0 Å². The van der Waals surface area contributed by atoms with Gasteiger partial charge in [0.2, 0.25) is 0 Å². The van der Waals surface area contributed by atoms with Crippen molar-refractivity contribution >= 4 is 32.5 Å². The van der Waals surface area contributed by atoms with E-state index in [1.54, 1.807) is 30.6 Å². The molecule has 8 heteroatoms. The molecule has 114 valence electrons. The Labute approximate surface area is 128 Å². The fraction of sp³-hybridized carbons (Fsp3) is 0.214. The highest BCUT2D eigenvalue weighted by Crippen LogP contribution is 2.22. The SMILES string of the molecule is CCn1cnc2c(Nc3ccc(S(C)(=O)=O)cc3)ncnc21. The summed E-state index contributed by atoms with van der Waals surface area (Å²) >= 11 is 0. The van der Waals surface area contributed by atoms with E-state index in [1.807, 2.05) is 11.5 Å². The molecule has 0 aliphatic rings. The van der Waals surface area contributed by atoms with E-state index in [0.717, 1.165) is 17.9 Å². The summed E-state index contributed by atoms with van der Waals surface area (Å²) in [4.78, 5) is 13.0. The molecule has 0 saturated heterocycles. The number of aryl methyl sites for hydroxylation is 1. The van der Waals surface area contributed by atoms with Gasteiger partial charge in [0.1, 0.15) is 6.33 Å². The zero-order valence-corrected chi connectivity index (χ0v) is 13.0. The Bertz CT molecular complexity index is 916. The van der Waals surface area contributed by atoms with Gasteiger partial charge in [0.15, 0.2) is 26.8 Å². The van der Waals surface area contributed by atoms with Crippen molar-refractivity contribution in [2.75, 3.05) is 11.6 Å². The van der Waals surface area contributed by atoms with Gasteiger partial charge in [-0.3, -0.25) is 0 Å². The van der Waals surface area contributed by atoms with Crippen LogP contribution in [0.25, 0.3) is 11.2 Å². The predicted octanol–water partition coefficient (Wildman–Crippen LogP) is 1.99. The molecule has 3 rings (SSSR count). The van der Waals surface area contributed by atoms with Crippen LogP contribution < -0.4 is 5.32 Å². The second kappa shape index (κ2) is 5.38. The van der Waals surface area contributed by atoms with Crippen molar-refractivity contribution in [3.63, 3.8) is 0 Å². The summed E-state index contributed by atoms with van der Waals surface area (Å²) < 4.78 is 24.8. The number of rotatable bonds is 4. The lowest BCUT2D eigenvalue weighted by Gasteiger charge is -2.07. The summed E-state index contributed by atoms with van der Waals surface area (Å²) in [6.07, 6.45) is 4.38. The first kappa shape index (κ1) is 14.5. The molecule has 2 heterocycles. The van der Waals surface area contributed by atoms with E-state index in [-0.39, 0.29) is 4.90 Å². The van der Waals surface area contributed by atoms with Gasteiger partial charge in [-0.1, -0.05) is 0 Å². The standard InChI is InChI=1S/C14H15N5O2S/c1-3-19-9-17-12-13(15-8-16-14(12)19)18-10-4-6-11(7-5-10)22(2,20)21/h4-9H,3H2,1-2H3,(H,15,16,18). The number of hydrogen-bond donors (Lipinski definition) is 1. The van der Waals surface area contributed by atoms with Gasteiger partial charge in [0, 0.05) is 18.5 Å². The minimum Gasteiger partial charge on any atom is -0.338 e. The lowest BCUT2D eigenvalue weighted by molar-refractivity contribution is 0.602. The van der Waals surface area contributed by atoms with Crippen LogP contribution in [-0.4, -0.2) is 34.2 Å². The molecule has 22 heavy (non-hydrogen) atoms. The molecule has 0 atom stereocenters. The largest absolute Gasteiger partial charge is 0.338 e. The van der Waals surface area contributed by atoms with Crippen LogP contribution in [0.5, 0.6) is 0 Å². The summed E-state index contributed by atoms with van der Waals surface area (Å²) in [7, 11) is -3.20. The van der Waals surface area contributed by atoms with E-state index in [4.69, 9.17) is 0 Å². The van der Waals surface area contributed by atoms with E-state index in [0.29, 0.717) is 11.3 Å². The van der Waals surface area contributed by atoms with Gasteiger partial charge in [-0.2, -0.15) is 0 Å². The molecule has 0 radical (unpaired) electrons. The average molecular weight is 317 g/mol. The minimum absolute atomic E-state index is 0.279. The van der Waals surface area contributed by atoms with Crippen LogP contribution in [0.4, 0.5) is 11.5 Å². The molecule has 0 aliphatic heterocycles. The van der Waals surface area contributed by atoms with Gasteiger partial charge in [-0.05, 0) is 31.2 Å². The van der Waals surface area contributed by atoms with Gasteiger partial charge >= 0.3 is 0 Å². The number of nitrogens with zero attached hydrogens (tertiary/aromatic N) is 4. The predicted molar refractivity (Wildman–Crippen MR) is 83.8 cm³/mol. The molecular weight excluding hydrogens is 302 g/mol. The van der Waals surface area contributed by atoms with Crippen LogP contribution in [0.2, 0.25) is 0 Å². The quantitative estimate of drug-likeness (QED) is 0.791. The van der Waals surface area contributed by atoms with Crippen molar-refractivity contribution in [2.45, 2.75) is 18.4 Å². The highest BCUT2D eigenvalue weighted by atomic mass is 32.2. The molecule has 0 unspecified atom stereocenters. The maximum atomic E-state index is 11.5. The monoisotopic (exact) mass is 317 g/mol. The first-order valence-electron chi connectivity index (χ1n) is 6.72. The number of fused-ring (bicyclic) bond motifs is 1. The normalized spacial score (nSPS) is 11.7. The minimum atomic E-state index is -3.20. The van der Waals surface area contributed by atoms with Crippen molar-refractivity contribution in [1.29, 1.82) is 0 Å². The van der Waals surface area contributed by atoms with E-state index >= 15 is 0 Å². The number of hydrogen-bond acceptors (Lipinski definition) is 6. The second-order valence-electron chi connectivity index (χ2n) is 4.85. The van der Waals surface area contributed by atoms with E-state index in [9.17, 15) is 8.42 Å². The maximum absolute atomic E-state index is 11.5. The van der Waals surface area contributed by atoms with Crippen LogP contribution in [0, 0.1) is 0 Å². The molecule has 0 bridgehead atoms. The Hall–Kier alpha value is -2.48. The molecule has 0 saturated carbocycles. The molecule has 0 aliphatic carbocycles. The topological polar surface area (TPSA) is 89.8 Å². The molecule has 7 nitrogen and oxygen atoms in total. The summed E-state index contributed by atoms with van der Waals surface area (Å²) in [5.41, 5.74) is 2.17. The van der Waals surface area contributed by atoms with Crippen molar-refractivity contribution in [3.05, 3.63) is 36.9 Å². The molecule has 0 spiro atoms. The summed E-state index contributed by atoms with van der Waals surface area (Å²) in [6.45, 7) is 2.79. The van der Waals surface area contributed by atoms with Crippen molar-refractivity contribution in [2.24, 2.45) is 0 Å². The van der Waals surface area contributed by atoms with Crippen LogP contribution in [0.1, 0.15) is 6.92 Å².